The van der Waals surface area contributed by atoms with Gasteiger partial charge in [-0.3, -0.25) is 4.79 Å². The molecule has 1 aromatic carbocycles. The van der Waals surface area contributed by atoms with Gasteiger partial charge in [0.25, 0.3) is 0 Å². The van der Waals surface area contributed by atoms with Crippen molar-refractivity contribution in [3.8, 4) is 0 Å². The highest BCUT2D eigenvalue weighted by molar-refractivity contribution is 5.74. The van der Waals surface area contributed by atoms with Gasteiger partial charge < -0.3 is 10.0 Å². The first-order valence-corrected chi connectivity index (χ1v) is 5.76. The summed E-state index contributed by atoms with van der Waals surface area (Å²) in [7, 11) is 1.93. The van der Waals surface area contributed by atoms with E-state index in [1.165, 1.54) is 11.1 Å². The maximum Gasteiger partial charge on any atom is 0.310 e. The molecule has 3 nitrogen and oxygen atoms in total. The van der Waals surface area contributed by atoms with E-state index >= 15 is 0 Å². The van der Waals surface area contributed by atoms with Gasteiger partial charge in [0.2, 0.25) is 0 Å². The number of carboxylic acids is 1. The zero-order valence-electron chi connectivity index (χ0n) is 11.2. The van der Waals surface area contributed by atoms with Crippen molar-refractivity contribution < 1.29 is 9.90 Å². The van der Waals surface area contributed by atoms with Crippen LogP contribution < -0.4 is 4.90 Å². The lowest BCUT2D eigenvalue weighted by Gasteiger charge is -2.29. The predicted octanol–water partition coefficient (Wildman–Crippen LogP) is 2.85. The highest BCUT2D eigenvalue weighted by atomic mass is 16.4. The van der Waals surface area contributed by atoms with Crippen LogP contribution in [0.2, 0.25) is 0 Å². The SMILES string of the molecule is Cc1ccc(N(C)CC(C)(C)C(=O)O)c(C)c1. The topological polar surface area (TPSA) is 40.5 Å². The van der Waals surface area contributed by atoms with Crippen molar-refractivity contribution in [2.45, 2.75) is 27.7 Å². The first-order valence-electron chi connectivity index (χ1n) is 5.76. The fourth-order valence-corrected chi connectivity index (χ4v) is 1.98. The minimum absolute atomic E-state index is 0.492. The number of hydrogen-bond acceptors (Lipinski definition) is 2. The number of carboxylic acid groups (broad SMARTS) is 1. The molecular formula is C14H21NO2. The monoisotopic (exact) mass is 235 g/mol. The third-order valence-electron chi connectivity index (χ3n) is 2.97. The van der Waals surface area contributed by atoms with Crippen LogP contribution in [0.4, 0.5) is 5.69 Å². The van der Waals surface area contributed by atoms with Crippen LogP contribution in [0, 0.1) is 19.3 Å². The summed E-state index contributed by atoms with van der Waals surface area (Å²) in [5.41, 5.74) is 2.74. The molecule has 17 heavy (non-hydrogen) atoms. The van der Waals surface area contributed by atoms with Crippen molar-refractivity contribution in [3.05, 3.63) is 29.3 Å². The molecule has 0 aliphatic carbocycles. The molecule has 0 saturated carbocycles. The smallest absolute Gasteiger partial charge is 0.310 e. The number of benzene rings is 1. The van der Waals surface area contributed by atoms with E-state index < -0.39 is 11.4 Å². The molecule has 0 heterocycles. The van der Waals surface area contributed by atoms with Crippen LogP contribution >= 0.6 is 0 Å². The minimum atomic E-state index is -0.769. The third kappa shape index (κ3) is 3.22. The van der Waals surface area contributed by atoms with Gasteiger partial charge in [0.05, 0.1) is 5.41 Å². The standard InChI is InChI=1S/C14H21NO2/c1-10-6-7-12(11(2)8-10)15(5)9-14(3,4)13(16)17/h6-8H,9H2,1-5H3,(H,16,17). The average molecular weight is 235 g/mol. The Morgan fingerprint density at radius 2 is 1.94 bits per heavy atom. The molecule has 0 unspecified atom stereocenters. The number of aryl methyl sites for hydroxylation is 2. The second-order valence-corrected chi connectivity index (χ2v) is 5.34. The van der Waals surface area contributed by atoms with Gasteiger partial charge >= 0.3 is 5.97 Å². The highest BCUT2D eigenvalue weighted by Crippen LogP contribution is 2.24. The number of nitrogens with zero attached hydrogens (tertiary/aromatic N) is 1. The van der Waals surface area contributed by atoms with Crippen LogP contribution in [-0.4, -0.2) is 24.7 Å². The second-order valence-electron chi connectivity index (χ2n) is 5.34. The summed E-state index contributed by atoms with van der Waals surface area (Å²) in [6.07, 6.45) is 0. The lowest BCUT2D eigenvalue weighted by Crippen LogP contribution is -2.37. The van der Waals surface area contributed by atoms with Crippen LogP contribution in [0.15, 0.2) is 18.2 Å². The summed E-state index contributed by atoms with van der Waals surface area (Å²) in [5.74, 6) is -0.769. The summed E-state index contributed by atoms with van der Waals surface area (Å²) < 4.78 is 0. The Morgan fingerprint density at radius 1 is 1.35 bits per heavy atom. The molecule has 1 N–H and O–H groups in total. The number of anilines is 1. The van der Waals surface area contributed by atoms with Crippen LogP contribution in [0.3, 0.4) is 0 Å². The van der Waals surface area contributed by atoms with Gasteiger partial charge in [-0.25, -0.2) is 0 Å². The Bertz CT molecular complexity index is 424. The van der Waals surface area contributed by atoms with E-state index in [4.69, 9.17) is 5.11 Å². The summed E-state index contributed by atoms with van der Waals surface area (Å²) in [6.45, 7) is 8.08. The molecule has 0 spiro atoms. The highest BCUT2D eigenvalue weighted by Gasteiger charge is 2.29. The molecule has 0 aliphatic rings. The van der Waals surface area contributed by atoms with Gasteiger partial charge in [-0.05, 0) is 39.3 Å². The van der Waals surface area contributed by atoms with E-state index in [1.807, 2.05) is 31.0 Å². The normalized spacial score (nSPS) is 11.4. The maximum atomic E-state index is 11.1. The number of hydrogen-bond donors (Lipinski definition) is 1. The van der Waals surface area contributed by atoms with Crippen LogP contribution in [0.25, 0.3) is 0 Å². The van der Waals surface area contributed by atoms with Crippen LogP contribution in [0.5, 0.6) is 0 Å². The zero-order valence-corrected chi connectivity index (χ0v) is 11.2. The number of rotatable bonds is 4. The van der Waals surface area contributed by atoms with Crippen molar-refractivity contribution in [1.82, 2.24) is 0 Å². The van der Waals surface area contributed by atoms with Crippen molar-refractivity contribution in [2.24, 2.45) is 5.41 Å². The molecule has 1 aromatic rings. The van der Waals surface area contributed by atoms with E-state index in [9.17, 15) is 4.79 Å². The fourth-order valence-electron chi connectivity index (χ4n) is 1.98. The lowest BCUT2D eigenvalue weighted by molar-refractivity contribution is -0.146. The Morgan fingerprint density at radius 3 is 2.41 bits per heavy atom. The van der Waals surface area contributed by atoms with Crippen molar-refractivity contribution >= 4 is 11.7 Å². The van der Waals surface area contributed by atoms with Gasteiger partial charge in [-0.2, -0.15) is 0 Å². The molecular weight excluding hydrogens is 214 g/mol. The molecule has 0 aromatic heterocycles. The van der Waals surface area contributed by atoms with Gasteiger partial charge in [0, 0.05) is 19.3 Å². The van der Waals surface area contributed by atoms with Gasteiger partial charge in [-0.15, -0.1) is 0 Å². The molecule has 0 aliphatic heterocycles. The molecule has 0 saturated heterocycles. The maximum absolute atomic E-state index is 11.1. The Labute approximate surface area is 103 Å². The van der Waals surface area contributed by atoms with Crippen LogP contribution in [0.1, 0.15) is 25.0 Å². The molecule has 0 atom stereocenters. The molecule has 0 radical (unpaired) electrons. The molecule has 94 valence electrons. The first kappa shape index (κ1) is 13.6. The van der Waals surface area contributed by atoms with Crippen molar-refractivity contribution in [3.63, 3.8) is 0 Å². The number of aliphatic carboxylic acids is 1. The average Bonchev–Trinajstić information content (AvgIpc) is 2.15. The first-order chi connectivity index (χ1) is 7.74. The molecule has 3 heteroatoms. The lowest BCUT2D eigenvalue weighted by atomic mass is 9.93. The zero-order chi connectivity index (χ0) is 13.2. The van der Waals surface area contributed by atoms with Gasteiger partial charge in [-0.1, -0.05) is 17.7 Å². The van der Waals surface area contributed by atoms with Gasteiger partial charge in [0.15, 0.2) is 0 Å². The van der Waals surface area contributed by atoms with Gasteiger partial charge in [0.1, 0.15) is 0 Å². The molecule has 1 rings (SSSR count). The largest absolute Gasteiger partial charge is 0.481 e. The Kier molecular flexibility index (Phi) is 3.81. The third-order valence-corrected chi connectivity index (χ3v) is 2.97. The predicted molar refractivity (Wildman–Crippen MR) is 70.6 cm³/mol. The molecule has 0 amide bonds. The van der Waals surface area contributed by atoms with E-state index in [0.29, 0.717) is 6.54 Å². The summed E-state index contributed by atoms with van der Waals surface area (Å²) in [4.78, 5) is 13.1. The minimum Gasteiger partial charge on any atom is -0.481 e. The molecule has 0 bridgehead atoms. The van der Waals surface area contributed by atoms with E-state index in [1.54, 1.807) is 13.8 Å². The van der Waals surface area contributed by atoms with Crippen LogP contribution in [-0.2, 0) is 4.79 Å². The van der Waals surface area contributed by atoms with E-state index in [-0.39, 0.29) is 0 Å². The Balaban J connectivity index is 2.90. The van der Waals surface area contributed by atoms with Crippen molar-refractivity contribution in [1.29, 1.82) is 0 Å². The van der Waals surface area contributed by atoms with E-state index in [0.717, 1.165) is 5.69 Å². The molecule has 0 fully saturated rings. The van der Waals surface area contributed by atoms with Crippen molar-refractivity contribution in [2.75, 3.05) is 18.5 Å². The quantitative estimate of drug-likeness (QED) is 0.872. The summed E-state index contributed by atoms with van der Waals surface area (Å²) in [6, 6.07) is 6.20. The summed E-state index contributed by atoms with van der Waals surface area (Å²) in [5, 5.41) is 9.12. The van der Waals surface area contributed by atoms with E-state index in [2.05, 4.69) is 13.0 Å². The Hall–Kier alpha value is -1.51. The number of carbonyl (C=O) groups is 1. The summed E-state index contributed by atoms with van der Waals surface area (Å²) >= 11 is 0. The fraction of sp³-hybridized carbons (Fsp3) is 0.500. The second kappa shape index (κ2) is 4.78.